The molecule has 0 N–H and O–H groups in total. The topological polar surface area (TPSA) is 18.6 Å². The fourth-order valence-corrected chi connectivity index (χ4v) is 14.0. The summed E-state index contributed by atoms with van der Waals surface area (Å²) in [6.07, 6.45) is 10.9. The van der Waals surface area contributed by atoms with Gasteiger partial charge in [-0.3, -0.25) is 0 Å². The van der Waals surface area contributed by atoms with Gasteiger partial charge in [0.15, 0.2) is 5.71 Å². The van der Waals surface area contributed by atoms with E-state index in [4.69, 9.17) is 4.99 Å². The van der Waals surface area contributed by atoms with Crippen LogP contribution in [-0.4, -0.2) is 51.3 Å². The zero-order chi connectivity index (χ0) is 22.6. The van der Waals surface area contributed by atoms with Crippen LogP contribution >= 0.6 is 0 Å². The zero-order valence-electron chi connectivity index (χ0n) is 20.8. The van der Waals surface area contributed by atoms with Gasteiger partial charge < -0.3 is 4.90 Å². The minimum absolute atomic E-state index is 0.149. The molecule has 0 saturated carbocycles. The molecule has 1 aromatic rings. The van der Waals surface area contributed by atoms with E-state index in [2.05, 4.69) is 102 Å². The summed E-state index contributed by atoms with van der Waals surface area (Å²) in [5.41, 5.74) is 5.05. The molecule has 31 heavy (non-hydrogen) atoms. The van der Waals surface area contributed by atoms with Crippen molar-refractivity contribution >= 4 is 36.1 Å². The average Bonchev–Trinajstić information content (AvgIpc) is 2.69. The minimum atomic E-state index is -2.25. The fourth-order valence-electron chi connectivity index (χ4n) is 6.49. The SMILES string of the molecule is C[N+](C)=C1C=CC2=Nc3ccc(N4CCCCC4)cc3[Si](C(C)(C)C)(C(C)(C)C)C2=C1. The van der Waals surface area contributed by atoms with Crippen LogP contribution < -0.4 is 10.1 Å². The molecule has 3 aliphatic rings. The van der Waals surface area contributed by atoms with E-state index in [9.17, 15) is 0 Å². The summed E-state index contributed by atoms with van der Waals surface area (Å²) in [4.78, 5) is 7.81. The van der Waals surface area contributed by atoms with E-state index in [0.717, 1.165) is 0 Å². The van der Waals surface area contributed by atoms with E-state index in [1.54, 1.807) is 0 Å². The third kappa shape index (κ3) is 3.47. The molecule has 2 heterocycles. The number of anilines is 1. The van der Waals surface area contributed by atoms with Gasteiger partial charge >= 0.3 is 0 Å². The molecule has 2 aliphatic heterocycles. The molecule has 1 saturated heterocycles. The van der Waals surface area contributed by atoms with E-state index in [1.807, 2.05) is 0 Å². The van der Waals surface area contributed by atoms with Gasteiger partial charge in [0.25, 0.3) is 0 Å². The molecule has 0 atom stereocenters. The summed E-state index contributed by atoms with van der Waals surface area (Å²) in [6.45, 7) is 17.2. The van der Waals surface area contributed by atoms with Gasteiger partial charge in [0.1, 0.15) is 22.2 Å². The molecule has 1 fully saturated rings. The molecule has 0 unspecified atom stereocenters. The van der Waals surface area contributed by atoms with E-state index < -0.39 is 8.07 Å². The first kappa shape index (κ1) is 22.3. The quantitative estimate of drug-likeness (QED) is 0.312. The van der Waals surface area contributed by atoms with Crippen molar-refractivity contribution in [2.75, 3.05) is 32.1 Å². The van der Waals surface area contributed by atoms with Crippen LogP contribution in [0.3, 0.4) is 0 Å². The normalized spacial score (nSPS) is 20.6. The second-order valence-electron chi connectivity index (χ2n) is 11.7. The second kappa shape index (κ2) is 7.58. The van der Waals surface area contributed by atoms with Gasteiger partial charge in [-0.2, -0.15) is 0 Å². The third-order valence-electron chi connectivity index (χ3n) is 7.50. The zero-order valence-corrected chi connectivity index (χ0v) is 21.8. The van der Waals surface area contributed by atoms with Gasteiger partial charge in [0.2, 0.25) is 0 Å². The molecule has 1 aliphatic carbocycles. The van der Waals surface area contributed by atoms with Crippen LogP contribution in [0.15, 0.2) is 46.6 Å². The van der Waals surface area contributed by atoms with Crippen molar-refractivity contribution in [3.8, 4) is 0 Å². The number of piperidine rings is 1. The Kier molecular flexibility index (Phi) is 5.44. The summed E-state index contributed by atoms with van der Waals surface area (Å²) >= 11 is 0. The first-order chi connectivity index (χ1) is 14.5. The van der Waals surface area contributed by atoms with Crippen molar-refractivity contribution in [1.29, 1.82) is 0 Å². The monoisotopic (exact) mass is 434 g/mol. The summed E-state index contributed by atoms with van der Waals surface area (Å²) < 4.78 is 2.23. The molecule has 166 valence electrons. The highest BCUT2D eigenvalue weighted by Crippen LogP contribution is 2.57. The van der Waals surface area contributed by atoms with Crippen molar-refractivity contribution < 1.29 is 4.58 Å². The van der Waals surface area contributed by atoms with Crippen molar-refractivity contribution in [2.45, 2.75) is 70.9 Å². The van der Waals surface area contributed by atoms with E-state index >= 15 is 0 Å². The standard InChI is InChI=1S/C27H40N3Si/c1-26(2,3)31(27(4,5)6)24-18-20(29(7)8)12-14-22(24)28-23-15-13-21(19-25(23)31)30-16-10-9-11-17-30/h12-15,18-19H,9-11,16-17H2,1-8H3/q+1. The van der Waals surface area contributed by atoms with Crippen LogP contribution in [0, 0.1) is 0 Å². The van der Waals surface area contributed by atoms with Gasteiger partial charge in [0, 0.05) is 30.9 Å². The molecule has 0 spiro atoms. The molecule has 0 bridgehead atoms. The fraction of sp³-hybridized carbons (Fsp3) is 0.556. The molecule has 1 aromatic carbocycles. The van der Waals surface area contributed by atoms with E-state index in [-0.39, 0.29) is 10.1 Å². The van der Waals surface area contributed by atoms with Gasteiger partial charge in [0.05, 0.1) is 11.4 Å². The first-order valence-corrected chi connectivity index (χ1v) is 13.9. The molecule has 0 aromatic heterocycles. The Balaban J connectivity index is 2.04. The van der Waals surface area contributed by atoms with Gasteiger partial charge in [-0.15, -0.1) is 0 Å². The highest BCUT2D eigenvalue weighted by atomic mass is 28.3. The van der Waals surface area contributed by atoms with Crippen molar-refractivity contribution in [3.05, 3.63) is 41.6 Å². The lowest BCUT2D eigenvalue weighted by Gasteiger charge is -2.55. The van der Waals surface area contributed by atoms with Crippen LogP contribution in [0.25, 0.3) is 0 Å². The number of hydrogen-bond acceptors (Lipinski definition) is 2. The predicted molar refractivity (Wildman–Crippen MR) is 139 cm³/mol. The molecule has 0 amide bonds. The van der Waals surface area contributed by atoms with Gasteiger partial charge in [-0.05, 0) is 64.0 Å². The molecule has 4 heteroatoms. The van der Waals surface area contributed by atoms with Gasteiger partial charge in [-0.1, -0.05) is 41.5 Å². The summed E-state index contributed by atoms with van der Waals surface area (Å²) in [6, 6.07) is 7.16. The van der Waals surface area contributed by atoms with Crippen molar-refractivity contribution in [1.82, 2.24) is 0 Å². The van der Waals surface area contributed by atoms with Gasteiger partial charge in [-0.25, -0.2) is 9.57 Å². The maximum Gasteiger partial charge on any atom is 0.199 e. The highest BCUT2D eigenvalue weighted by Gasteiger charge is 2.60. The Hall–Kier alpha value is -1.94. The number of hydrogen-bond donors (Lipinski definition) is 0. The highest BCUT2D eigenvalue weighted by molar-refractivity contribution is 7.06. The van der Waals surface area contributed by atoms with Crippen molar-refractivity contribution in [2.24, 2.45) is 4.99 Å². The number of fused-ring (bicyclic) bond motifs is 2. The summed E-state index contributed by atoms with van der Waals surface area (Å²) in [5.74, 6) is 0. The smallest absolute Gasteiger partial charge is 0.199 e. The second-order valence-corrected chi connectivity index (χ2v) is 17.3. The number of aliphatic imine (C=N–C) groups is 1. The van der Waals surface area contributed by atoms with E-state index in [1.165, 1.54) is 65.5 Å². The maximum atomic E-state index is 5.22. The Bertz CT molecular complexity index is 988. The Labute approximate surface area is 190 Å². The lowest BCUT2D eigenvalue weighted by Crippen LogP contribution is -2.66. The van der Waals surface area contributed by atoms with E-state index in [0.29, 0.717) is 0 Å². The Morgan fingerprint density at radius 1 is 0.903 bits per heavy atom. The van der Waals surface area contributed by atoms with Crippen molar-refractivity contribution in [3.63, 3.8) is 0 Å². The van der Waals surface area contributed by atoms with Crippen LogP contribution in [0.2, 0.25) is 10.1 Å². The Morgan fingerprint density at radius 3 is 2.13 bits per heavy atom. The third-order valence-corrected chi connectivity index (χ3v) is 14.4. The largest absolute Gasteiger partial charge is 0.372 e. The first-order valence-electron chi connectivity index (χ1n) is 11.9. The predicted octanol–water partition coefficient (Wildman–Crippen LogP) is 5.77. The molecule has 0 radical (unpaired) electrons. The number of benzene rings is 1. The number of rotatable bonds is 1. The summed E-state index contributed by atoms with van der Waals surface area (Å²) in [5, 5.41) is 3.33. The molecule has 4 rings (SSSR count). The van der Waals surface area contributed by atoms with Crippen LogP contribution in [-0.2, 0) is 0 Å². The van der Waals surface area contributed by atoms with Crippen LogP contribution in [0.1, 0.15) is 60.8 Å². The lowest BCUT2D eigenvalue weighted by atomic mass is 10.1. The molecular weight excluding hydrogens is 394 g/mol. The lowest BCUT2D eigenvalue weighted by molar-refractivity contribution is -0.462. The number of nitrogens with zero attached hydrogens (tertiary/aromatic N) is 3. The Morgan fingerprint density at radius 2 is 1.55 bits per heavy atom. The van der Waals surface area contributed by atoms with Crippen LogP contribution in [0.5, 0.6) is 0 Å². The average molecular weight is 435 g/mol. The number of allylic oxidation sites excluding steroid dienone is 4. The minimum Gasteiger partial charge on any atom is -0.372 e. The van der Waals surface area contributed by atoms with Crippen LogP contribution in [0.4, 0.5) is 11.4 Å². The molecular formula is C27H40N3Si+. The maximum absolute atomic E-state index is 5.22. The molecule has 3 nitrogen and oxygen atoms in total. The summed E-state index contributed by atoms with van der Waals surface area (Å²) in [7, 11) is 2.03.